The summed E-state index contributed by atoms with van der Waals surface area (Å²) in [6, 6.07) is 7.75. The molecule has 1 aromatic heterocycles. The number of pyridine rings is 1. The second kappa shape index (κ2) is 6.84. The zero-order valence-electron chi connectivity index (χ0n) is 14.6. The predicted molar refractivity (Wildman–Crippen MR) is 106 cm³/mol. The average Bonchev–Trinajstić information content (AvgIpc) is 3.07. The highest BCUT2D eigenvalue weighted by atomic mass is 32.2. The van der Waals surface area contributed by atoms with Gasteiger partial charge in [-0.15, -0.1) is 0 Å². The minimum absolute atomic E-state index is 0.239. The lowest BCUT2D eigenvalue weighted by Crippen LogP contribution is -2.37. The lowest BCUT2D eigenvalue weighted by molar-refractivity contribution is 0.102. The number of fused-ring (bicyclic) bond motifs is 1. The zero-order valence-corrected chi connectivity index (χ0v) is 15.4. The summed E-state index contributed by atoms with van der Waals surface area (Å²) in [5.41, 5.74) is 12.6. The van der Waals surface area contributed by atoms with Crippen LogP contribution in [-0.4, -0.2) is 21.8 Å². The molecule has 2 aromatic rings. The standard InChI is InChI=1S/C19H20FN5OS/c20-15-5-4-13(24-17(26)16-6-3-12(21)9-23-16)8-14(15)19-7-1-2-11(19)10-27-18(22)25-19/h3-6,8-9,11H,1-2,7,10,21H2,(H2,22,25)(H,24,26)/t11?,19-/m0/s1. The van der Waals surface area contributed by atoms with E-state index in [-0.39, 0.29) is 23.3 Å². The molecule has 140 valence electrons. The number of carbonyl (C=O) groups is 1. The number of hydrogen-bond acceptors (Lipinski definition) is 6. The van der Waals surface area contributed by atoms with Gasteiger partial charge in [0.15, 0.2) is 5.17 Å². The number of thioether (sulfide) groups is 1. The van der Waals surface area contributed by atoms with Crippen molar-refractivity contribution in [1.29, 1.82) is 0 Å². The largest absolute Gasteiger partial charge is 0.397 e. The molecule has 2 aliphatic rings. The van der Waals surface area contributed by atoms with Crippen LogP contribution in [0.15, 0.2) is 41.5 Å². The number of aliphatic imine (C=N–C) groups is 1. The van der Waals surface area contributed by atoms with Crippen molar-refractivity contribution in [2.24, 2.45) is 16.6 Å². The number of amides is 1. The molecule has 1 fully saturated rings. The van der Waals surface area contributed by atoms with Crippen LogP contribution >= 0.6 is 11.8 Å². The van der Waals surface area contributed by atoms with Crippen LogP contribution in [0.2, 0.25) is 0 Å². The molecule has 0 saturated heterocycles. The smallest absolute Gasteiger partial charge is 0.274 e. The van der Waals surface area contributed by atoms with E-state index < -0.39 is 5.54 Å². The fourth-order valence-electron chi connectivity index (χ4n) is 3.93. The first kappa shape index (κ1) is 17.8. The van der Waals surface area contributed by atoms with E-state index in [9.17, 15) is 9.18 Å². The molecule has 0 bridgehead atoms. The molecule has 0 radical (unpaired) electrons. The summed E-state index contributed by atoms with van der Waals surface area (Å²) in [6.07, 6.45) is 4.15. The fourth-order valence-corrected chi connectivity index (χ4v) is 4.97. The van der Waals surface area contributed by atoms with Crippen LogP contribution in [0.3, 0.4) is 0 Å². The molecule has 1 aliphatic carbocycles. The lowest BCUT2D eigenvalue weighted by atomic mass is 9.81. The van der Waals surface area contributed by atoms with Gasteiger partial charge in [-0.3, -0.25) is 9.79 Å². The Hall–Kier alpha value is -2.61. The Kier molecular flexibility index (Phi) is 4.51. The molecule has 2 heterocycles. The van der Waals surface area contributed by atoms with Crippen LogP contribution in [0.1, 0.15) is 35.3 Å². The highest BCUT2D eigenvalue weighted by molar-refractivity contribution is 8.13. The van der Waals surface area contributed by atoms with Crippen molar-refractivity contribution < 1.29 is 9.18 Å². The van der Waals surface area contributed by atoms with Crippen molar-refractivity contribution in [1.82, 2.24) is 4.98 Å². The van der Waals surface area contributed by atoms with Crippen LogP contribution in [0, 0.1) is 11.7 Å². The van der Waals surface area contributed by atoms with Crippen LogP contribution in [0.4, 0.5) is 15.8 Å². The fraction of sp³-hybridized carbons (Fsp3) is 0.316. The predicted octanol–water partition coefficient (Wildman–Crippen LogP) is 3.11. The van der Waals surface area contributed by atoms with E-state index in [1.54, 1.807) is 24.3 Å². The average molecular weight is 385 g/mol. The van der Waals surface area contributed by atoms with Crippen LogP contribution in [0.25, 0.3) is 0 Å². The monoisotopic (exact) mass is 385 g/mol. The minimum atomic E-state index is -0.639. The van der Waals surface area contributed by atoms with E-state index in [2.05, 4.69) is 15.3 Å². The number of benzene rings is 1. The number of nitrogens with two attached hydrogens (primary N) is 2. The molecule has 1 aliphatic heterocycles. The first-order chi connectivity index (χ1) is 13.0. The maximum Gasteiger partial charge on any atom is 0.274 e. The molecular formula is C19H20FN5OS. The third kappa shape index (κ3) is 3.25. The van der Waals surface area contributed by atoms with Gasteiger partial charge >= 0.3 is 0 Å². The summed E-state index contributed by atoms with van der Waals surface area (Å²) in [6.45, 7) is 0. The Morgan fingerprint density at radius 1 is 1.30 bits per heavy atom. The zero-order chi connectivity index (χ0) is 19.0. The highest BCUT2D eigenvalue weighted by Gasteiger charge is 2.48. The number of anilines is 2. The van der Waals surface area contributed by atoms with Gasteiger partial charge in [0.1, 0.15) is 11.5 Å². The Morgan fingerprint density at radius 3 is 2.93 bits per heavy atom. The number of aromatic nitrogens is 1. The van der Waals surface area contributed by atoms with Crippen molar-refractivity contribution in [3.8, 4) is 0 Å². The van der Waals surface area contributed by atoms with Gasteiger partial charge in [0.2, 0.25) is 0 Å². The minimum Gasteiger partial charge on any atom is -0.397 e. The summed E-state index contributed by atoms with van der Waals surface area (Å²) >= 11 is 1.52. The number of hydrogen-bond donors (Lipinski definition) is 3. The molecule has 1 amide bonds. The van der Waals surface area contributed by atoms with Gasteiger partial charge in [-0.05, 0) is 49.1 Å². The SMILES string of the molecule is NC1=N[C@@]2(c3cc(NC(=O)c4ccc(N)cn4)ccc3F)CCCC2CS1. The summed E-state index contributed by atoms with van der Waals surface area (Å²) in [7, 11) is 0. The van der Waals surface area contributed by atoms with Gasteiger partial charge in [0, 0.05) is 17.0 Å². The topological polar surface area (TPSA) is 106 Å². The molecule has 1 aromatic carbocycles. The molecule has 8 heteroatoms. The molecule has 1 saturated carbocycles. The Labute approximate surface area is 160 Å². The summed E-state index contributed by atoms with van der Waals surface area (Å²) in [5.74, 6) is 0.374. The number of carbonyl (C=O) groups excluding carboxylic acids is 1. The van der Waals surface area contributed by atoms with Crippen molar-refractivity contribution in [3.63, 3.8) is 0 Å². The number of rotatable bonds is 3. The molecule has 4 rings (SSSR count). The van der Waals surface area contributed by atoms with Crippen molar-refractivity contribution in [3.05, 3.63) is 53.6 Å². The van der Waals surface area contributed by atoms with Crippen molar-refractivity contribution in [2.45, 2.75) is 24.8 Å². The van der Waals surface area contributed by atoms with Gasteiger partial charge in [-0.1, -0.05) is 18.2 Å². The first-order valence-electron chi connectivity index (χ1n) is 8.79. The maximum absolute atomic E-state index is 14.8. The second-order valence-corrected chi connectivity index (χ2v) is 7.94. The van der Waals surface area contributed by atoms with Gasteiger partial charge in [-0.25, -0.2) is 9.37 Å². The molecule has 6 nitrogen and oxygen atoms in total. The Bertz CT molecular complexity index is 917. The maximum atomic E-state index is 14.8. The van der Waals surface area contributed by atoms with Crippen LogP contribution in [0.5, 0.6) is 0 Å². The van der Waals surface area contributed by atoms with Gasteiger partial charge in [0.05, 0.1) is 17.4 Å². The number of amidine groups is 1. The van der Waals surface area contributed by atoms with Gasteiger partial charge < -0.3 is 16.8 Å². The normalized spacial score (nSPS) is 24.2. The number of nitrogen functional groups attached to an aromatic ring is 1. The number of nitrogens with one attached hydrogen (secondary N) is 1. The van der Waals surface area contributed by atoms with E-state index in [4.69, 9.17) is 11.5 Å². The molecule has 2 atom stereocenters. The summed E-state index contributed by atoms with van der Waals surface area (Å²) in [5, 5.41) is 3.27. The van der Waals surface area contributed by atoms with Gasteiger partial charge in [0.25, 0.3) is 5.91 Å². The second-order valence-electron chi connectivity index (χ2n) is 6.90. The number of nitrogens with zero attached hydrogens (tertiary/aromatic N) is 2. The van der Waals surface area contributed by atoms with Crippen LogP contribution in [-0.2, 0) is 5.54 Å². The third-order valence-corrected chi connectivity index (χ3v) is 6.19. The summed E-state index contributed by atoms with van der Waals surface area (Å²) < 4.78 is 14.8. The van der Waals surface area contributed by atoms with E-state index in [0.29, 0.717) is 22.1 Å². The van der Waals surface area contributed by atoms with E-state index >= 15 is 0 Å². The molecule has 5 N–H and O–H groups in total. The van der Waals surface area contributed by atoms with E-state index in [0.717, 1.165) is 25.0 Å². The van der Waals surface area contributed by atoms with Crippen LogP contribution < -0.4 is 16.8 Å². The first-order valence-corrected chi connectivity index (χ1v) is 9.77. The molecular weight excluding hydrogens is 365 g/mol. The Balaban J connectivity index is 1.67. The Morgan fingerprint density at radius 2 is 2.15 bits per heavy atom. The highest BCUT2D eigenvalue weighted by Crippen LogP contribution is 2.51. The third-order valence-electron chi connectivity index (χ3n) is 5.24. The number of halogens is 1. The van der Waals surface area contributed by atoms with E-state index in [1.807, 2.05) is 0 Å². The van der Waals surface area contributed by atoms with E-state index in [1.165, 1.54) is 24.0 Å². The lowest BCUT2D eigenvalue weighted by Gasteiger charge is -2.36. The van der Waals surface area contributed by atoms with Crippen molar-refractivity contribution >= 4 is 34.2 Å². The van der Waals surface area contributed by atoms with Gasteiger partial charge in [-0.2, -0.15) is 0 Å². The quantitative estimate of drug-likeness (QED) is 0.753. The molecule has 1 unspecified atom stereocenters. The summed E-state index contributed by atoms with van der Waals surface area (Å²) in [4.78, 5) is 21.1. The van der Waals surface area contributed by atoms with Crippen molar-refractivity contribution in [2.75, 3.05) is 16.8 Å². The molecule has 0 spiro atoms. The molecule has 27 heavy (non-hydrogen) atoms.